The van der Waals surface area contributed by atoms with E-state index in [1.165, 1.54) is 0 Å². The normalized spacial score (nSPS) is 10.4. The van der Waals surface area contributed by atoms with Crippen LogP contribution in [-0.4, -0.2) is 11.0 Å². The van der Waals surface area contributed by atoms with Crippen LogP contribution in [-0.2, 0) is 22.6 Å². The van der Waals surface area contributed by atoms with Gasteiger partial charge in [-0.05, 0) is 25.5 Å². The van der Waals surface area contributed by atoms with E-state index in [1.807, 2.05) is 32.0 Å². The number of nitrogens with two attached hydrogens (primary N) is 1. The quantitative estimate of drug-likeness (QED) is 0.688. The standard InChI is InChI=1S/C14H16N2O2S/c1-9-10(2)19-13(16-9)8-18-14(17)7-11-5-3-4-6-12(11)15/h3-6H,7-8,15H2,1-2H3. The highest BCUT2D eigenvalue weighted by molar-refractivity contribution is 7.11. The van der Waals surface area contributed by atoms with Crippen LogP contribution in [0.5, 0.6) is 0 Å². The summed E-state index contributed by atoms with van der Waals surface area (Å²) < 4.78 is 5.21. The lowest BCUT2D eigenvalue weighted by molar-refractivity contribution is -0.144. The predicted octanol–water partition coefficient (Wildman–Crippen LogP) is 2.63. The SMILES string of the molecule is Cc1nc(COC(=O)Cc2ccccc2N)sc1C. The van der Waals surface area contributed by atoms with Crippen molar-refractivity contribution in [3.63, 3.8) is 0 Å². The molecule has 0 spiro atoms. The minimum Gasteiger partial charge on any atom is -0.458 e. The molecule has 1 aromatic carbocycles. The molecule has 4 nitrogen and oxygen atoms in total. The number of aromatic nitrogens is 1. The maximum atomic E-state index is 11.7. The lowest BCUT2D eigenvalue weighted by atomic mass is 10.1. The number of hydrogen-bond donors (Lipinski definition) is 1. The zero-order valence-corrected chi connectivity index (χ0v) is 11.8. The van der Waals surface area contributed by atoms with Gasteiger partial charge in [-0.15, -0.1) is 11.3 Å². The van der Waals surface area contributed by atoms with E-state index in [9.17, 15) is 4.79 Å². The Kier molecular flexibility index (Phi) is 4.16. The summed E-state index contributed by atoms with van der Waals surface area (Å²) in [7, 11) is 0. The Hall–Kier alpha value is -1.88. The van der Waals surface area contributed by atoms with Crippen molar-refractivity contribution in [2.24, 2.45) is 0 Å². The van der Waals surface area contributed by atoms with Crippen molar-refractivity contribution in [2.45, 2.75) is 26.9 Å². The molecule has 0 atom stereocenters. The fourth-order valence-corrected chi connectivity index (χ4v) is 2.49. The molecule has 2 rings (SSSR count). The molecule has 19 heavy (non-hydrogen) atoms. The minimum absolute atomic E-state index is 0.190. The Bertz CT molecular complexity index is 573. The Labute approximate surface area is 116 Å². The number of para-hydroxylation sites is 1. The summed E-state index contributed by atoms with van der Waals surface area (Å²) in [6.07, 6.45) is 0.190. The number of nitrogen functional groups attached to an aromatic ring is 1. The molecule has 5 heteroatoms. The Morgan fingerprint density at radius 3 is 2.74 bits per heavy atom. The molecule has 2 N–H and O–H groups in total. The van der Waals surface area contributed by atoms with Crippen molar-refractivity contribution in [1.82, 2.24) is 4.98 Å². The van der Waals surface area contributed by atoms with Gasteiger partial charge in [0.15, 0.2) is 0 Å². The van der Waals surface area contributed by atoms with Gasteiger partial charge >= 0.3 is 5.97 Å². The van der Waals surface area contributed by atoms with E-state index in [-0.39, 0.29) is 19.0 Å². The van der Waals surface area contributed by atoms with Crippen molar-refractivity contribution < 1.29 is 9.53 Å². The van der Waals surface area contributed by atoms with Crippen LogP contribution in [0.3, 0.4) is 0 Å². The van der Waals surface area contributed by atoms with Gasteiger partial charge in [0.2, 0.25) is 0 Å². The predicted molar refractivity (Wildman–Crippen MR) is 75.9 cm³/mol. The number of nitrogens with zero attached hydrogens (tertiary/aromatic N) is 1. The van der Waals surface area contributed by atoms with Crippen molar-refractivity contribution >= 4 is 23.0 Å². The third kappa shape index (κ3) is 3.54. The molecule has 0 saturated carbocycles. The summed E-state index contributed by atoms with van der Waals surface area (Å²) in [5, 5.41) is 0.824. The van der Waals surface area contributed by atoms with Crippen LogP contribution >= 0.6 is 11.3 Å². The van der Waals surface area contributed by atoms with Crippen LogP contribution in [0.1, 0.15) is 21.1 Å². The number of benzene rings is 1. The lowest BCUT2D eigenvalue weighted by Crippen LogP contribution is -2.09. The number of carbonyl (C=O) groups excluding carboxylic acids is 1. The van der Waals surface area contributed by atoms with Gasteiger partial charge < -0.3 is 10.5 Å². The minimum atomic E-state index is -0.289. The van der Waals surface area contributed by atoms with Crippen molar-refractivity contribution in [3.8, 4) is 0 Å². The first kappa shape index (κ1) is 13.5. The first-order chi connectivity index (χ1) is 9.06. The summed E-state index contributed by atoms with van der Waals surface area (Å²) in [6.45, 7) is 4.18. The van der Waals surface area contributed by atoms with E-state index in [2.05, 4.69) is 4.98 Å². The highest BCUT2D eigenvalue weighted by Crippen LogP contribution is 2.17. The molecule has 0 aliphatic carbocycles. The summed E-state index contributed by atoms with van der Waals surface area (Å²) in [4.78, 5) is 17.2. The van der Waals surface area contributed by atoms with E-state index in [0.29, 0.717) is 5.69 Å². The molecule has 0 aliphatic heterocycles. The van der Waals surface area contributed by atoms with Gasteiger partial charge in [-0.1, -0.05) is 18.2 Å². The molecule has 0 aliphatic rings. The van der Waals surface area contributed by atoms with Crippen LogP contribution in [0.15, 0.2) is 24.3 Å². The third-order valence-corrected chi connectivity index (χ3v) is 3.87. The molecular formula is C14H16N2O2S. The number of esters is 1. The molecular weight excluding hydrogens is 260 g/mol. The van der Waals surface area contributed by atoms with Crippen molar-refractivity contribution in [1.29, 1.82) is 0 Å². The first-order valence-electron chi connectivity index (χ1n) is 5.98. The number of rotatable bonds is 4. The molecule has 0 radical (unpaired) electrons. The van der Waals surface area contributed by atoms with Crippen LogP contribution in [0, 0.1) is 13.8 Å². The van der Waals surface area contributed by atoms with E-state index < -0.39 is 0 Å². The van der Waals surface area contributed by atoms with E-state index in [1.54, 1.807) is 17.4 Å². The Morgan fingerprint density at radius 1 is 1.37 bits per heavy atom. The molecule has 100 valence electrons. The fourth-order valence-electron chi connectivity index (χ4n) is 1.64. The second kappa shape index (κ2) is 5.84. The van der Waals surface area contributed by atoms with Crippen LogP contribution < -0.4 is 5.73 Å². The molecule has 1 aromatic heterocycles. The molecule has 0 saturated heterocycles. The van der Waals surface area contributed by atoms with Gasteiger partial charge in [0.05, 0.1) is 12.1 Å². The Morgan fingerprint density at radius 2 is 2.11 bits per heavy atom. The maximum absolute atomic E-state index is 11.7. The topological polar surface area (TPSA) is 65.2 Å². The number of ether oxygens (including phenoxy) is 1. The molecule has 0 unspecified atom stereocenters. The maximum Gasteiger partial charge on any atom is 0.310 e. The molecule has 0 bridgehead atoms. The van der Waals surface area contributed by atoms with E-state index in [4.69, 9.17) is 10.5 Å². The van der Waals surface area contributed by atoms with Gasteiger partial charge in [0.25, 0.3) is 0 Å². The number of carbonyl (C=O) groups is 1. The summed E-state index contributed by atoms with van der Waals surface area (Å²) >= 11 is 1.55. The molecule has 0 fully saturated rings. The van der Waals surface area contributed by atoms with Crippen molar-refractivity contribution in [2.75, 3.05) is 5.73 Å². The third-order valence-electron chi connectivity index (χ3n) is 2.82. The first-order valence-corrected chi connectivity index (χ1v) is 6.80. The summed E-state index contributed by atoms with van der Waals surface area (Å²) in [6, 6.07) is 7.29. The number of anilines is 1. The number of hydrogen-bond acceptors (Lipinski definition) is 5. The van der Waals surface area contributed by atoms with Crippen LogP contribution in [0.2, 0.25) is 0 Å². The highest BCUT2D eigenvalue weighted by Gasteiger charge is 2.10. The van der Waals surface area contributed by atoms with Crippen LogP contribution in [0.4, 0.5) is 5.69 Å². The van der Waals surface area contributed by atoms with E-state index >= 15 is 0 Å². The summed E-state index contributed by atoms with van der Waals surface area (Å²) in [5.74, 6) is -0.289. The lowest BCUT2D eigenvalue weighted by Gasteiger charge is -2.05. The summed E-state index contributed by atoms with van der Waals surface area (Å²) in [5.41, 5.74) is 8.17. The Balaban J connectivity index is 1.90. The average Bonchev–Trinajstić information content (AvgIpc) is 2.69. The van der Waals surface area contributed by atoms with Crippen molar-refractivity contribution in [3.05, 3.63) is 45.4 Å². The number of thiazole rings is 1. The van der Waals surface area contributed by atoms with Gasteiger partial charge in [-0.2, -0.15) is 0 Å². The van der Waals surface area contributed by atoms with Gasteiger partial charge in [-0.25, -0.2) is 4.98 Å². The zero-order valence-electron chi connectivity index (χ0n) is 11.0. The second-order valence-electron chi connectivity index (χ2n) is 4.29. The van der Waals surface area contributed by atoms with Crippen LogP contribution in [0.25, 0.3) is 0 Å². The molecule has 1 heterocycles. The van der Waals surface area contributed by atoms with Gasteiger partial charge in [0, 0.05) is 10.6 Å². The highest BCUT2D eigenvalue weighted by atomic mass is 32.1. The second-order valence-corrected chi connectivity index (χ2v) is 5.57. The largest absolute Gasteiger partial charge is 0.458 e. The average molecular weight is 276 g/mol. The molecule has 0 amide bonds. The monoisotopic (exact) mass is 276 g/mol. The fraction of sp³-hybridized carbons (Fsp3) is 0.286. The smallest absolute Gasteiger partial charge is 0.310 e. The number of aryl methyl sites for hydroxylation is 2. The molecule has 2 aromatic rings. The van der Waals surface area contributed by atoms with Gasteiger partial charge in [0.1, 0.15) is 11.6 Å². The van der Waals surface area contributed by atoms with E-state index in [0.717, 1.165) is 21.1 Å². The van der Waals surface area contributed by atoms with Gasteiger partial charge in [-0.3, -0.25) is 4.79 Å². The zero-order chi connectivity index (χ0) is 13.8.